The van der Waals surface area contributed by atoms with Crippen molar-refractivity contribution in [2.45, 2.75) is 42.9 Å². The van der Waals surface area contributed by atoms with Gasteiger partial charge in [0.2, 0.25) is 5.91 Å². The van der Waals surface area contributed by atoms with E-state index in [9.17, 15) is 4.79 Å². The van der Waals surface area contributed by atoms with Crippen molar-refractivity contribution >= 4 is 23.4 Å². The summed E-state index contributed by atoms with van der Waals surface area (Å²) in [7, 11) is 2.14. The lowest BCUT2D eigenvalue weighted by Crippen LogP contribution is -2.35. The summed E-state index contributed by atoms with van der Waals surface area (Å²) in [6.45, 7) is 6.15. The molecule has 0 saturated carbocycles. The molecule has 1 N–H and O–H groups in total. The fourth-order valence-electron chi connectivity index (χ4n) is 3.03. The molecule has 0 bridgehead atoms. The first-order valence-corrected chi connectivity index (χ1v) is 10.4. The van der Waals surface area contributed by atoms with Crippen LogP contribution in [-0.4, -0.2) is 42.3 Å². The second-order valence-corrected chi connectivity index (χ2v) is 8.62. The van der Waals surface area contributed by atoms with Crippen molar-refractivity contribution in [3.8, 4) is 5.75 Å². The van der Waals surface area contributed by atoms with Crippen LogP contribution in [0.2, 0.25) is 0 Å². The highest BCUT2D eigenvalue weighted by Crippen LogP contribution is 2.25. The van der Waals surface area contributed by atoms with Crippen LogP contribution >= 0.6 is 11.8 Å². The normalized spacial score (nSPS) is 16.7. The van der Waals surface area contributed by atoms with Gasteiger partial charge in [-0.3, -0.25) is 4.79 Å². The molecule has 0 aromatic heterocycles. The van der Waals surface area contributed by atoms with Crippen LogP contribution in [0.4, 0.5) is 5.69 Å². The van der Waals surface area contributed by atoms with E-state index in [0.717, 1.165) is 42.3 Å². The maximum Gasteiger partial charge on any atom is 0.237 e. The minimum atomic E-state index is -0.164. The van der Waals surface area contributed by atoms with Crippen LogP contribution in [0, 0.1) is 6.92 Å². The fraction of sp³-hybridized carbons (Fsp3) is 0.409. The third-order valence-electron chi connectivity index (χ3n) is 4.79. The van der Waals surface area contributed by atoms with Gasteiger partial charge in [-0.1, -0.05) is 17.7 Å². The zero-order valence-electron chi connectivity index (χ0n) is 16.3. The van der Waals surface area contributed by atoms with E-state index in [2.05, 4.69) is 48.5 Å². The number of thioether (sulfide) groups is 1. The van der Waals surface area contributed by atoms with E-state index in [1.165, 1.54) is 5.56 Å². The molecular weight excluding hydrogens is 356 g/mol. The van der Waals surface area contributed by atoms with Gasteiger partial charge in [-0.2, -0.15) is 0 Å². The number of benzene rings is 2. The number of nitrogens with zero attached hydrogens (tertiary/aromatic N) is 1. The number of piperidine rings is 1. The zero-order valence-corrected chi connectivity index (χ0v) is 17.1. The predicted molar refractivity (Wildman–Crippen MR) is 113 cm³/mol. The first kappa shape index (κ1) is 19.8. The van der Waals surface area contributed by atoms with Crippen molar-refractivity contribution in [2.24, 2.45) is 0 Å². The molecule has 4 nitrogen and oxygen atoms in total. The van der Waals surface area contributed by atoms with Crippen LogP contribution in [0.25, 0.3) is 0 Å². The molecule has 5 heteroatoms. The van der Waals surface area contributed by atoms with Gasteiger partial charge in [0.05, 0.1) is 5.25 Å². The molecule has 1 atom stereocenters. The summed E-state index contributed by atoms with van der Waals surface area (Å²) in [5, 5.41) is 2.82. The summed E-state index contributed by atoms with van der Waals surface area (Å²) in [6.07, 6.45) is 2.40. The molecule has 144 valence electrons. The molecule has 0 unspecified atom stereocenters. The van der Waals surface area contributed by atoms with Crippen LogP contribution in [0.1, 0.15) is 25.3 Å². The zero-order chi connectivity index (χ0) is 19.2. The van der Waals surface area contributed by atoms with E-state index in [1.54, 1.807) is 11.8 Å². The summed E-state index contributed by atoms with van der Waals surface area (Å²) in [6, 6.07) is 15.9. The van der Waals surface area contributed by atoms with Crippen molar-refractivity contribution in [2.75, 3.05) is 25.5 Å². The number of ether oxygens (including phenoxy) is 1. The summed E-state index contributed by atoms with van der Waals surface area (Å²) in [4.78, 5) is 15.9. The number of hydrogen-bond donors (Lipinski definition) is 1. The van der Waals surface area contributed by atoms with Gasteiger partial charge in [-0.05, 0) is 70.1 Å². The first-order valence-electron chi connectivity index (χ1n) is 9.49. The largest absolute Gasteiger partial charge is 0.490 e. The quantitative estimate of drug-likeness (QED) is 0.740. The van der Waals surface area contributed by atoms with Crippen molar-refractivity contribution in [3.05, 3.63) is 54.1 Å². The lowest BCUT2D eigenvalue weighted by molar-refractivity contribution is -0.115. The fourth-order valence-corrected chi connectivity index (χ4v) is 3.90. The van der Waals surface area contributed by atoms with Gasteiger partial charge < -0.3 is 15.0 Å². The molecule has 1 saturated heterocycles. The Bertz CT molecular complexity index is 738. The summed E-state index contributed by atoms with van der Waals surface area (Å²) < 4.78 is 6.06. The molecular formula is C22H28N2O2S. The van der Waals surface area contributed by atoms with E-state index in [1.807, 2.05) is 31.2 Å². The molecule has 1 aliphatic heterocycles. The SMILES string of the molecule is Cc1ccc(S[C@@H](C)C(=O)Nc2ccc(OC3CCN(C)CC3)cc2)cc1. The number of nitrogens with one attached hydrogen (secondary N) is 1. The number of amides is 1. The highest BCUT2D eigenvalue weighted by atomic mass is 32.2. The maximum absolute atomic E-state index is 12.4. The van der Waals surface area contributed by atoms with Gasteiger partial charge in [0.1, 0.15) is 11.9 Å². The van der Waals surface area contributed by atoms with Gasteiger partial charge >= 0.3 is 0 Å². The third-order valence-corrected chi connectivity index (χ3v) is 5.91. The molecule has 1 aliphatic rings. The highest BCUT2D eigenvalue weighted by molar-refractivity contribution is 8.00. The smallest absolute Gasteiger partial charge is 0.237 e. The Morgan fingerprint density at radius 1 is 1.11 bits per heavy atom. The van der Waals surface area contributed by atoms with Crippen LogP contribution in [0.3, 0.4) is 0 Å². The Hall–Kier alpha value is -1.98. The molecule has 1 fully saturated rings. The second kappa shape index (κ2) is 9.29. The predicted octanol–water partition coefficient (Wildman–Crippen LogP) is 4.59. The second-order valence-electron chi connectivity index (χ2n) is 7.21. The van der Waals surface area contributed by atoms with E-state index < -0.39 is 0 Å². The summed E-state index contributed by atoms with van der Waals surface area (Å²) in [5.74, 6) is 0.870. The Morgan fingerprint density at radius 2 is 1.74 bits per heavy atom. The molecule has 1 amide bonds. The number of anilines is 1. The first-order chi connectivity index (χ1) is 13.0. The van der Waals surface area contributed by atoms with E-state index in [-0.39, 0.29) is 17.3 Å². The van der Waals surface area contributed by atoms with Crippen molar-refractivity contribution < 1.29 is 9.53 Å². The van der Waals surface area contributed by atoms with Gasteiger partial charge in [0.25, 0.3) is 0 Å². The molecule has 2 aromatic carbocycles. The lowest BCUT2D eigenvalue weighted by atomic mass is 10.1. The van der Waals surface area contributed by atoms with Crippen LogP contribution < -0.4 is 10.1 Å². The van der Waals surface area contributed by atoms with Gasteiger partial charge in [-0.25, -0.2) is 0 Å². The Kier molecular flexibility index (Phi) is 6.80. The molecule has 0 spiro atoms. The minimum Gasteiger partial charge on any atom is -0.490 e. The minimum absolute atomic E-state index is 0.00422. The van der Waals surface area contributed by atoms with Crippen molar-refractivity contribution in [3.63, 3.8) is 0 Å². The maximum atomic E-state index is 12.4. The number of likely N-dealkylation sites (tertiary alicyclic amines) is 1. The molecule has 1 heterocycles. The lowest BCUT2D eigenvalue weighted by Gasteiger charge is -2.29. The van der Waals surface area contributed by atoms with E-state index in [4.69, 9.17) is 4.74 Å². The van der Waals surface area contributed by atoms with E-state index in [0.29, 0.717) is 0 Å². The Labute approximate surface area is 166 Å². The van der Waals surface area contributed by atoms with Gasteiger partial charge in [0.15, 0.2) is 0 Å². The van der Waals surface area contributed by atoms with Crippen LogP contribution in [0.15, 0.2) is 53.4 Å². The molecule has 3 rings (SSSR count). The Balaban J connectivity index is 1.49. The third kappa shape index (κ3) is 6.01. The average molecular weight is 385 g/mol. The molecule has 0 radical (unpaired) electrons. The number of aryl methyl sites for hydroxylation is 1. The van der Waals surface area contributed by atoms with Crippen molar-refractivity contribution in [1.82, 2.24) is 4.90 Å². The standard InChI is InChI=1S/C22H28N2O2S/c1-16-4-10-21(11-5-16)27-17(2)22(25)23-18-6-8-19(9-7-18)26-20-12-14-24(3)15-13-20/h4-11,17,20H,12-15H2,1-3H3,(H,23,25)/t17-/m0/s1. The van der Waals surface area contributed by atoms with Gasteiger partial charge in [0, 0.05) is 23.7 Å². The topological polar surface area (TPSA) is 41.6 Å². The van der Waals surface area contributed by atoms with Crippen LogP contribution in [0.5, 0.6) is 5.75 Å². The Morgan fingerprint density at radius 3 is 2.37 bits per heavy atom. The number of hydrogen-bond acceptors (Lipinski definition) is 4. The highest BCUT2D eigenvalue weighted by Gasteiger charge is 2.18. The number of carbonyl (C=O) groups is 1. The van der Waals surface area contributed by atoms with E-state index >= 15 is 0 Å². The van der Waals surface area contributed by atoms with Crippen LogP contribution in [-0.2, 0) is 4.79 Å². The average Bonchev–Trinajstić information content (AvgIpc) is 2.67. The van der Waals surface area contributed by atoms with Crippen molar-refractivity contribution in [1.29, 1.82) is 0 Å². The molecule has 2 aromatic rings. The number of carbonyl (C=O) groups excluding carboxylic acids is 1. The summed E-state index contributed by atoms with van der Waals surface area (Å²) in [5.41, 5.74) is 2.02. The molecule has 27 heavy (non-hydrogen) atoms. The monoisotopic (exact) mass is 384 g/mol. The summed E-state index contributed by atoms with van der Waals surface area (Å²) >= 11 is 1.57. The number of rotatable bonds is 6. The van der Waals surface area contributed by atoms with Gasteiger partial charge in [-0.15, -0.1) is 11.8 Å². The molecule has 0 aliphatic carbocycles.